The molecule has 1 unspecified atom stereocenters. The Morgan fingerprint density at radius 3 is 2.67 bits per heavy atom. The number of carbonyl (C=O) groups is 1. The molecule has 1 atom stereocenters. The van der Waals surface area contributed by atoms with Gasteiger partial charge in [-0.25, -0.2) is 0 Å². The lowest BCUT2D eigenvalue weighted by Crippen LogP contribution is -2.50. The van der Waals surface area contributed by atoms with Crippen molar-refractivity contribution in [3.05, 3.63) is 23.8 Å². The lowest BCUT2D eigenvalue weighted by atomic mass is 10.0. The number of aliphatic hydroxyl groups is 1. The number of carbonyl (C=O) groups excluding carboxylic acids is 1. The summed E-state index contributed by atoms with van der Waals surface area (Å²) in [6.07, 6.45) is -0.464. The van der Waals surface area contributed by atoms with Gasteiger partial charge in [0.15, 0.2) is 6.10 Å². The fourth-order valence-electron chi connectivity index (χ4n) is 2.39. The SMILES string of the molecule is CC(C)C1Oc2cc(CO)ccc2N(CCN(C)C)C1=O. The highest BCUT2D eigenvalue weighted by atomic mass is 16.5. The number of aliphatic hydroxyl groups excluding tert-OH is 1. The van der Waals surface area contributed by atoms with Gasteiger partial charge >= 0.3 is 0 Å². The van der Waals surface area contributed by atoms with E-state index in [1.807, 2.05) is 46.1 Å². The highest BCUT2D eigenvalue weighted by Gasteiger charge is 2.36. The minimum atomic E-state index is -0.464. The van der Waals surface area contributed by atoms with Gasteiger partial charge in [0.2, 0.25) is 0 Å². The molecule has 5 nitrogen and oxygen atoms in total. The summed E-state index contributed by atoms with van der Waals surface area (Å²) in [6, 6.07) is 5.50. The Kier molecular flexibility index (Phi) is 4.85. The first-order valence-corrected chi connectivity index (χ1v) is 7.30. The molecule has 0 saturated carbocycles. The molecule has 1 N–H and O–H groups in total. The molecule has 0 bridgehead atoms. The summed E-state index contributed by atoms with van der Waals surface area (Å²) in [5.74, 6) is 0.792. The molecule has 116 valence electrons. The third kappa shape index (κ3) is 3.36. The maximum atomic E-state index is 12.6. The molecule has 0 fully saturated rings. The smallest absolute Gasteiger partial charge is 0.268 e. The highest BCUT2D eigenvalue weighted by Crippen LogP contribution is 2.36. The van der Waals surface area contributed by atoms with Crippen LogP contribution in [0.1, 0.15) is 19.4 Å². The van der Waals surface area contributed by atoms with Crippen LogP contribution < -0.4 is 9.64 Å². The number of likely N-dealkylation sites (N-methyl/N-ethyl adjacent to an activating group) is 1. The molecule has 0 aliphatic carbocycles. The van der Waals surface area contributed by atoms with Crippen LogP contribution in [-0.2, 0) is 11.4 Å². The number of hydrogen-bond donors (Lipinski definition) is 1. The van der Waals surface area contributed by atoms with Gasteiger partial charge in [0.05, 0.1) is 12.3 Å². The molecule has 5 heteroatoms. The lowest BCUT2D eigenvalue weighted by molar-refractivity contribution is -0.128. The predicted molar refractivity (Wildman–Crippen MR) is 82.5 cm³/mol. The van der Waals surface area contributed by atoms with Crippen LogP contribution in [0.5, 0.6) is 5.75 Å². The van der Waals surface area contributed by atoms with Crippen LogP contribution in [0.2, 0.25) is 0 Å². The van der Waals surface area contributed by atoms with Crippen LogP contribution in [0.3, 0.4) is 0 Å². The van der Waals surface area contributed by atoms with Crippen molar-refractivity contribution in [2.45, 2.75) is 26.6 Å². The fraction of sp³-hybridized carbons (Fsp3) is 0.562. The first kappa shape index (κ1) is 15.8. The van der Waals surface area contributed by atoms with E-state index in [4.69, 9.17) is 4.74 Å². The monoisotopic (exact) mass is 292 g/mol. The number of benzene rings is 1. The van der Waals surface area contributed by atoms with E-state index < -0.39 is 6.10 Å². The molecule has 1 aromatic rings. The van der Waals surface area contributed by atoms with E-state index in [9.17, 15) is 9.90 Å². The summed E-state index contributed by atoms with van der Waals surface area (Å²) < 4.78 is 5.87. The zero-order chi connectivity index (χ0) is 15.6. The van der Waals surface area contributed by atoms with Crippen molar-refractivity contribution in [2.24, 2.45) is 5.92 Å². The first-order chi connectivity index (χ1) is 9.93. The average Bonchev–Trinajstić information content (AvgIpc) is 2.44. The topological polar surface area (TPSA) is 53.0 Å². The van der Waals surface area contributed by atoms with E-state index >= 15 is 0 Å². The molecule has 0 aromatic heterocycles. The molecule has 21 heavy (non-hydrogen) atoms. The second-order valence-electron chi connectivity index (χ2n) is 6.04. The maximum Gasteiger partial charge on any atom is 0.268 e. The number of ether oxygens (including phenoxy) is 1. The molecule has 2 rings (SSSR count). The van der Waals surface area contributed by atoms with E-state index in [1.165, 1.54) is 0 Å². The van der Waals surface area contributed by atoms with Gasteiger partial charge in [0, 0.05) is 13.1 Å². The summed E-state index contributed by atoms with van der Waals surface area (Å²) in [7, 11) is 3.97. The quantitative estimate of drug-likeness (QED) is 0.893. The van der Waals surface area contributed by atoms with Crippen molar-refractivity contribution in [3.63, 3.8) is 0 Å². The van der Waals surface area contributed by atoms with Crippen LogP contribution in [0, 0.1) is 5.92 Å². The van der Waals surface area contributed by atoms with Crippen LogP contribution in [0.4, 0.5) is 5.69 Å². The van der Waals surface area contributed by atoms with E-state index in [2.05, 4.69) is 4.90 Å². The van der Waals surface area contributed by atoms with Crippen molar-refractivity contribution < 1.29 is 14.6 Å². The third-order valence-electron chi connectivity index (χ3n) is 3.64. The van der Waals surface area contributed by atoms with Gasteiger partial charge in [-0.1, -0.05) is 19.9 Å². The zero-order valence-corrected chi connectivity index (χ0v) is 13.2. The van der Waals surface area contributed by atoms with Crippen LogP contribution >= 0.6 is 0 Å². The van der Waals surface area contributed by atoms with Gasteiger partial charge in [-0.3, -0.25) is 4.79 Å². The molecule has 1 aliphatic rings. The van der Waals surface area contributed by atoms with Gasteiger partial charge in [-0.15, -0.1) is 0 Å². The molecule has 0 spiro atoms. The Hall–Kier alpha value is -1.59. The second kappa shape index (κ2) is 6.45. The molecular weight excluding hydrogens is 268 g/mol. The lowest BCUT2D eigenvalue weighted by Gasteiger charge is -2.36. The van der Waals surface area contributed by atoms with Gasteiger partial charge in [-0.05, 0) is 37.7 Å². The number of anilines is 1. The van der Waals surface area contributed by atoms with Crippen molar-refractivity contribution in [3.8, 4) is 5.75 Å². The van der Waals surface area contributed by atoms with E-state index in [1.54, 1.807) is 4.90 Å². The average molecular weight is 292 g/mol. The van der Waals surface area contributed by atoms with Crippen molar-refractivity contribution in [1.29, 1.82) is 0 Å². The van der Waals surface area contributed by atoms with Gasteiger partial charge in [-0.2, -0.15) is 0 Å². The Morgan fingerprint density at radius 1 is 1.38 bits per heavy atom. The number of nitrogens with zero attached hydrogens (tertiary/aromatic N) is 2. The summed E-state index contributed by atoms with van der Waals surface area (Å²) >= 11 is 0. The number of rotatable bonds is 5. The molecule has 1 amide bonds. The summed E-state index contributed by atoms with van der Waals surface area (Å²) in [5, 5.41) is 9.27. The Bertz CT molecular complexity index is 514. The van der Waals surface area contributed by atoms with E-state index in [0.717, 1.165) is 17.8 Å². The number of amides is 1. The van der Waals surface area contributed by atoms with Crippen molar-refractivity contribution in [2.75, 3.05) is 32.1 Å². The standard InChI is InChI=1S/C16H24N2O3/c1-11(2)15-16(20)18(8-7-17(3)4)13-6-5-12(10-19)9-14(13)21-15/h5-6,9,11,15,19H,7-8,10H2,1-4H3. The van der Waals surface area contributed by atoms with Crippen molar-refractivity contribution in [1.82, 2.24) is 4.90 Å². The van der Waals surface area contributed by atoms with Crippen LogP contribution in [0.15, 0.2) is 18.2 Å². The summed E-state index contributed by atoms with van der Waals surface area (Å²) in [6.45, 7) is 5.34. The fourth-order valence-corrected chi connectivity index (χ4v) is 2.39. The Morgan fingerprint density at radius 2 is 2.10 bits per heavy atom. The largest absolute Gasteiger partial charge is 0.478 e. The number of fused-ring (bicyclic) bond motifs is 1. The molecule has 0 radical (unpaired) electrons. The first-order valence-electron chi connectivity index (χ1n) is 7.30. The Labute approximate surface area is 126 Å². The number of hydrogen-bond acceptors (Lipinski definition) is 4. The van der Waals surface area contributed by atoms with Crippen LogP contribution in [-0.4, -0.2) is 49.2 Å². The van der Waals surface area contributed by atoms with Gasteiger partial charge in [0.1, 0.15) is 5.75 Å². The maximum absolute atomic E-state index is 12.6. The molecule has 1 aromatic carbocycles. The minimum absolute atomic E-state index is 0.0103. The Balaban J connectivity index is 2.36. The third-order valence-corrected chi connectivity index (χ3v) is 3.64. The van der Waals surface area contributed by atoms with E-state index in [0.29, 0.717) is 12.3 Å². The van der Waals surface area contributed by atoms with E-state index in [-0.39, 0.29) is 18.4 Å². The van der Waals surface area contributed by atoms with Gasteiger partial charge in [0.25, 0.3) is 5.91 Å². The summed E-state index contributed by atoms with van der Waals surface area (Å²) in [5.41, 5.74) is 1.58. The molecule has 1 aliphatic heterocycles. The van der Waals surface area contributed by atoms with Crippen molar-refractivity contribution >= 4 is 11.6 Å². The normalized spacial score (nSPS) is 18.1. The molecule has 1 heterocycles. The highest BCUT2D eigenvalue weighted by molar-refractivity contribution is 6.00. The minimum Gasteiger partial charge on any atom is -0.478 e. The van der Waals surface area contributed by atoms with Gasteiger partial charge < -0.3 is 19.6 Å². The second-order valence-corrected chi connectivity index (χ2v) is 6.04. The molecule has 0 saturated heterocycles. The molecular formula is C16H24N2O3. The summed E-state index contributed by atoms with van der Waals surface area (Å²) in [4.78, 5) is 16.5. The zero-order valence-electron chi connectivity index (χ0n) is 13.2. The van der Waals surface area contributed by atoms with Crippen LogP contribution in [0.25, 0.3) is 0 Å². The predicted octanol–water partition coefficient (Wildman–Crippen LogP) is 1.49.